The molecule has 0 aromatic heterocycles. The SMILES string of the molecule is CC[CH](C)[Zr+2][C]1=CC=CC1.[Cl-].[Cl-]. The molecule has 68 valence electrons. The molecule has 3 heteroatoms. The van der Waals surface area contributed by atoms with E-state index in [-0.39, 0.29) is 48.0 Å². The molecule has 0 aromatic carbocycles. The Bertz CT molecular complexity index is 164. The normalized spacial score (nSPS) is 15.3. The van der Waals surface area contributed by atoms with Crippen LogP contribution in [0.4, 0.5) is 0 Å². The third-order valence-corrected chi connectivity index (χ3v) is 5.85. The number of hydrogen-bond donors (Lipinski definition) is 0. The van der Waals surface area contributed by atoms with Crippen LogP contribution >= 0.6 is 0 Å². The van der Waals surface area contributed by atoms with Gasteiger partial charge in [0.25, 0.3) is 0 Å². The monoisotopic (exact) mass is 282 g/mol. The van der Waals surface area contributed by atoms with Crippen LogP contribution in [0, 0.1) is 0 Å². The van der Waals surface area contributed by atoms with Gasteiger partial charge in [-0.3, -0.25) is 0 Å². The Morgan fingerprint density at radius 2 is 2.17 bits per heavy atom. The minimum Gasteiger partial charge on any atom is -1.00 e. The van der Waals surface area contributed by atoms with E-state index in [2.05, 4.69) is 32.1 Å². The van der Waals surface area contributed by atoms with Crippen molar-refractivity contribution in [1.29, 1.82) is 0 Å². The summed E-state index contributed by atoms with van der Waals surface area (Å²) < 4.78 is 2.81. The van der Waals surface area contributed by atoms with Gasteiger partial charge in [-0.15, -0.1) is 0 Å². The molecule has 0 aliphatic heterocycles. The molecule has 0 radical (unpaired) electrons. The molecular formula is C9H14Cl2Zr. The molecule has 0 amide bonds. The first-order chi connectivity index (χ1) is 4.83. The predicted octanol–water partition coefficient (Wildman–Crippen LogP) is -2.86. The molecule has 1 rings (SSSR count). The maximum Gasteiger partial charge on any atom is -1.00 e. The molecular weight excluding hydrogens is 270 g/mol. The Morgan fingerprint density at radius 3 is 2.58 bits per heavy atom. The molecule has 0 heterocycles. The van der Waals surface area contributed by atoms with Gasteiger partial charge in [0.05, 0.1) is 0 Å². The number of halogens is 2. The largest absolute Gasteiger partial charge is 1.00 e. The third kappa shape index (κ3) is 5.57. The van der Waals surface area contributed by atoms with E-state index in [9.17, 15) is 0 Å². The van der Waals surface area contributed by atoms with Crippen LogP contribution in [0.25, 0.3) is 0 Å². The molecule has 0 nitrogen and oxygen atoms in total. The molecule has 1 atom stereocenters. The summed E-state index contributed by atoms with van der Waals surface area (Å²) in [5, 5.41) is 0. The molecule has 0 saturated carbocycles. The minimum absolute atomic E-state index is 0. The summed E-state index contributed by atoms with van der Waals surface area (Å²) in [7, 11) is 0. The van der Waals surface area contributed by atoms with E-state index in [1.54, 1.807) is 3.28 Å². The second-order valence-electron chi connectivity index (χ2n) is 2.78. The van der Waals surface area contributed by atoms with Gasteiger partial charge < -0.3 is 24.8 Å². The van der Waals surface area contributed by atoms with E-state index in [4.69, 9.17) is 0 Å². The standard InChI is InChI=1S/C5H5.C4H9.2ClH.Zr/c1-2-4-5-3-1;1-3-4-2;;;/h1-3H,4H2;3H,4H2,1-2H3;2*1H;/q;;;;+2/p-2. The zero-order chi connectivity index (χ0) is 7.40. The molecule has 0 spiro atoms. The van der Waals surface area contributed by atoms with Crippen LogP contribution in [0.3, 0.4) is 0 Å². The van der Waals surface area contributed by atoms with Crippen LogP contribution in [0.2, 0.25) is 3.63 Å². The maximum absolute atomic E-state index is 2.39. The Hall–Kier alpha value is 0.943. The van der Waals surface area contributed by atoms with Crippen LogP contribution in [-0.2, 0) is 23.2 Å². The second kappa shape index (κ2) is 8.54. The van der Waals surface area contributed by atoms with Gasteiger partial charge in [0.1, 0.15) is 0 Å². The molecule has 0 bridgehead atoms. The molecule has 0 fully saturated rings. The zero-order valence-electron chi connectivity index (χ0n) is 7.48. The van der Waals surface area contributed by atoms with Gasteiger partial charge in [-0.05, 0) is 0 Å². The molecule has 0 saturated heterocycles. The van der Waals surface area contributed by atoms with Crippen LogP contribution in [0.15, 0.2) is 21.5 Å². The van der Waals surface area contributed by atoms with Gasteiger partial charge in [0, 0.05) is 0 Å². The van der Waals surface area contributed by atoms with E-state index < -0.39 is 0 Å². The summed E-state index contributed by atoms with van der Waals surface area (Å²) in [5.41, 5.74) is 0. The molecule has 0 aromatic rings. The van der Waals surface area contributed by atoms with E-state index in [1.807, 2.05) is 0 Å². The fraction of sp³-hybridized carbons (Fsp3) is 0.556. The van der Waals surface area contributed by atoms with Gasteiger partial charge >= 0.3 is 75.1 Å². The van der Waals surface area contributed by atoms with Crippen molar-refractivity contribution in [3.8, 4) is 0 Å². The molecule has 0 N–H and O–H groups in total. The van der Waals surface area contributed by atoms with Crippen molar-refractivity contribution in [2.24, 2.45) is 0 Å². The average molecular weight is 284 g/mol. The summed E-state index contributed by atoms with van der Waals surface area (Å²) >= 11 is -0.155. The minimum atomic E-state index is -0.155. The Kier molecular flexibility index (Phi) is 11.0. The molecule has 1 aliphatic rings. The van der Waals surface area contributed by atoms with Crippen molar-refractivity contribution in [2.45, 2.75) is 30.3 Å². The summed E-state index contributed by atoms with van der Waals surface area (Å²) in [6.07, 6.45) is 9.47. The van der Waals surface area contributed by atoms with Crippen LogP contribution in [0.1, 0.15) is 26.7 Å². The Balaban J connectivity index is 0. The van der Waals surface area contributed by atoms with E-state index in [0.717, 1.165) is 3.63 Å². The average Bonchev–Trinajstić information content (AvgIpc) is 2.40. The first-order valence-electron chi connectivity index (χ1n) is 3.95. The zero-order valence-corrected chi connectivity index (χ0v) is 11.4. The quantitative estimate of drug-likeness (QED) is 0.523. The first kappa shape index (κ1) is 15.4. The van der Waals surface area contributed by atoms with Crippen LogP contribution in [0.5, 0.6) is 0 Å². The maximum atomic E-state index is 2.39. The van der Waals surface area contributed by atoms with Gasteiger partial charge in [0.15, 0.2) is 0 Å². The van der Waals surface area contributed by atoms with Crippen molar-refractivity contribution >= 4 is 0 Å². The second-order valence-corrected chi connectivity index (χ2v) is 7.49. The number of rotatable bonds is 3. The molecule has 12 heavy (non-hydrogen) atoms. The fourth-order valence-corrected chi connectivity index (χ4v) is 4.08. The van der Waals surface area contributed by atoms with E-state index in [0.29, 0.717) is 0 Å². The molecule has 1 aliphatic carbocycles. The van der Waals surface area contributed by atoms with Gasteiger partial charge in [-0.25, -0.2) is 0 Å². The number of allylic oxidation sites excluding steroid dienone is 4. The van der Waals surface area contributed by atoms with Gasteiger partial charge in [-0.2, -0.15) is 0 Å². The summed E-state index contributed by atoms with van der Waals surface area (Å²) in [6, 6.07) is 0. The smallest absolute Gasteiger partial charge is 1.00 e. The fourth-order valence-electron chi connectivity index (χ4n) is 0.973. The Labute approximate surface area is 99.3 Å². The summed E-state index contributed by atoms with van der Waals surface area (Å²) in [4.78, 5) is 0. The van der Waals surface area contributed by atoms with Crippen molar-refractivity contribution in [3.63, 3.8) is 0 Å². The first-order valence-corrected chi connectivity index (χ1v) is 6.60. The van der Waals surface area contributed by atoms with Crippen molar-refractivity contribution in [1.82, 2.24) is 0 Å². The van der Waals surface area contributed by atoms with Gasteiger partial charge in [-0.1, -0.05) is 0 Å². The summed E-state index contributed by atoms with van der Waals surface area (Å²) in [5.74, 6) is 0. The number of hydrogen-bond acceptors (Lipinski definition) is 0. The van der Waals surface area contributed by atoms with E-state index >= 15 is 0 Å². The molecule has 1 unspecified atom stereocenters. The summed E-state index contributed by atoms with van der Waals surface area (Å²) in [6.45, 7) is 4.69. The van der Waals surface area contributed by atoms with Crippen LogP contribution in [-0.4, -0.2) is 0 Å². The van der Waals surface area contributed by atoms with E-state index in [1.165, 1.54) is 12.8 Å². The Morgan fingerprint density at radius 1 is 1.50 bits per heavy atom. The van der Waals surface area contributed by atoms with Gasteiger partial charge in [0.2, 0.25) is 0 Å². The third-order valence-electron chi connectivity index (χ3n) is 1.82. The van der Waals surface area contributed by atoms with Crippen molar-refractivity contribution in [3.05, 3.63) is 21.5 Å². The van der Waals surface area contributed by atoms with Crippen LogP contribution < -0.4 is 24.8 Å². The predicted molar refractivity (Wildman–Crippen MR) is 41.6 cm³/mol. The topological polar surface area (TPSA) is 0 Å². The van der Waals surface area contributed by atoms with Crippen molar-refractivity contribution in [2.75, 3.05) is 0 Å². The van der Waals surface area contributed by atoms with Crippen molar-refractivity contribution < 1.29 is 48.0 Å².